The molecule has 1 heterocycles. The van der Waals surface area contributed by atoms with E-state index in [0.29, 0.717) is 17.9 Å². The summed E-state index contributed by atoms with van der Waals surface area (Å²) in [4.78, 5) is 25.4. The fraction of sp³-hybridized carbons (Fsp3) is 0.467. The zero-order chi connectivity index (χ0) is 14.7. The summed E-state index contributed by atoms with van der Waals surface area (Å²) in [5.41, 5.74) is 1.34. The van der Waals surface area contributed by atoms with E-state index in [2.05, 4.69) is 15.9 Å². The van der Waals surface area contributed by atoms with Gasteiger partial charge in [0.1, 0.15) is 0 Å². The van der Waals surface area contributed by atoms with Gasteiger partial charge in [0.15, 0.2) is 0 Å². The summed E-state index contributed by atoms with van der Waals surface area (Å²) in [7, 11) is 0. The molecule has 1 fully saturated rings. The normalized spacial score (nSPS) is 18.7. The van der Waals surface area contributed by atoms with E-state index in [1.165, 1.54) is 0 Å². The number of halogens is 1. The minimum absolute atomic E-state index is 0.131. The summed E-state index contributed by atoms with van der Waals surface area (Å²) in [5, 5.41) is 0.827. The molecule has 1 atom stereocenters. The van der Waals surface area contributed by atoms with E-state index in [9.17, 15) is 9.59 Å². The molecule has 0 radical (unpaired) electrons. The lowest BCUT2D eigenvalue weighted by molar-refractivity contribution is -0.117. The topological polar surface area (TPSA) is 46.6 Å². The molecule has 0 spiro atoms. The number of hydrogen-bond donors (Lipinski definition) is 0. The summed E-state index contributed by atoms with van der Waals surface area (Å²) in [6.45, 7) is 4.35. The van der Waals surface area contributed by atoms with Gasteiger partial charge >= 0.3 is 5.97 Å². The summed E-state index contributed by atoms with van der Waals surface area (Å²) < 4.78 is 5.13. The minimum atomic E-state index is -0.336. The first-order chi connectivity index (χ1) is 9.51. The predicted molar refractivity (Wildman–Crippen MR) is 81.2 cm³/mol. The summed E-state index contributed by atoms with van der Waals surface area (Å²) in [6.07, 6.45) is 0.435. The number of alkyl halides is 1. The largest absolute Gasteiger partial charge is 0.459 e. The van der Waals surface area contributed by atoms with Gasteiger partial charge in [0.2, 0.25) is 5.91 Å². The van der Waals surface area contributed by atoms with Crippen LogP contribution < -0.4 is 4.90 Å². The van der Waals surface area contributed by atoms with Crippen molar-refractivity contribution in [2.75, 3.05) is 16.8 Å². The molecule has 0 aromatic heterocycles. The first-order valence-corrected chi connectivity index (χ1v) is 7.80. The van der Waals surface area contributed by atoms with E-state index in [1.54, 1.807) is 29.2 Å². The number of amides is 1. The Morgan fingerprint density at radius 3 is 2.55 bits per heavy atom. The molecule has 1 amide bonds. The van der Waals surface area contributed by atoms with Gasteiger partial charge in [0.05, 0.1) is 11.7 Å². The Bertz CT molecular complexity index is 498. The van der Waals surface area contributed by atoms with Gasteiger partial charge in [-0.3, -0.25) is 4.79 Å². The van der Waals surface area contributed by atoms with Gasteiger partial charge in [-0.05, 0) is 44.0 Å². The molecule has 1 aromatic carbocycles. The number of hydrogen-bond acceptors (Lipinski definition) is 3. The van der Waals surface area contributed by atoms with E-state index in [0.717, 1.165) is 17.6 Å². The molecule has 4 nitrogen and oxygen atoms in total. The van der Waals surface area contributed by atoms with Gasteiger partial charge in [0, 0.05) is 24.0 Å². The van der Waals surface area contributed by atoms with E-state index in [4.69, 9.17) is 4.74 Å². The second-order valence-corrected chi connectivity index (χ2v) is 5.88. The van der Waals surface area contributed by atoms with Gasteiger partial charge < -0.3 is 9.64 Å². The number of anilines is 1. The number of esters is 1. The van der Waals surface area contributed by atoms with Crippen LogP contribution in [0.3, 0.4) is 0 Å². The van der Waals surface area contributed by atoms with Crippen LogP contribution in [0.5, 0.6) is 0 Å². The number of nitrogens with zero attached hydrogens (tertiary/aromatic N) is 1. The van der Waals surface area contributed by atoms with Gasteiger partial charge in [0.25, 0.3) is 0 Å². The van der Waals surface area contributed by atoms with Gasteiger partial charge in [-0.25, -0.2) is 4.79 Å². The predicted octanol–water partition coefficient (Wildman–Crippen LogP) is 3.00. The quantitative estimate of drug-likeness (QED) is 0.625. The number of benzene rings is 1. The molecule has 0 aliphatic carbocycles. The van der Waals surface area contributed by atoms with E-state index in [1.807, 2.05) is 13.8 Å². The molecule has 1 aliphatic heterocycles. The lowest BCUT2D eigenvalue weighted by Crippen LogP contribution is -2.24. The maximum Gasteiger partial charge on any atom is 0.338 e. The lowest BCUT2D eigenvalue weighted by atomic mass is 10.1. The Labute approximate surface area is 127 Å². The number of carbonyl (C=O) groups excluding carboxylic acids is 2. The number of carbonyl (C=O) groups is 2. The highest BCUT2D eigenvalue weighted by Crippen LogP contribution is 2.26. The lowest BCUT2D eigenvalue weighted by Gasteiger charge is -2.17. The molecule has 1 unspecified atom stereocenters. The highest BCUT2D eigenvalue weighted by molar-refractivity contribution is 9.09. The third kappa shape index (κ3) is 3.39. The van der Waals surface area contributed by atoms with Gasteiger partial charge in [-0.1, -0.05) is 15.9 Å². The van der Waals surface area contributed by atoms with Crippen molar-refractivity contribution in [3.8, 4) is 0 Å². The average molecular weight is 340 g/mol. The molecule has 1 aliphatic rings. The zero-order valence-electron chi connectivity index (χ0n) is 11.6. The second-order valence-electron chi connectivity index (χ2n) is 5.23. The van der Waals surface area contributed by atoms with Crippen LogP contribution in [0, 0.1) is 5.92 Å². The first-order valence-electron chi connectivity index (χ1n) is 6.68. The minimum Gasteiger partial charge on any atom is -0.459 e. The van der Waals surface area contributed by atoms with Crippen LogP contribution in [0.25, 0.3) is 0 Å². The second kappa shape index (κ2) is 6.39. The Balaban J connectivity index is 2.09. The van der Waals surface area contributed by atoms with Crippen LogP contribution in [0.4, 0.5) is 5.69 Å². The SMILES string of the molecule is CC(C)OC(=O)c1ccc(N2CC(CBr)CC2=O)cc1. The molecule has 0 bridgehead atoms. The van der Waals surface area contributed by atoms with Crippen molar-refractivity contribution in [3.05, 3.63) is 29.8 Å². The van der Waals surface area contributed by atoms with Crippen LogP contribution in [0.1, 0.15) is 30.6 Å². The molecule has 0 saturated carbocycles. The number of rotatable bonds is 4. The van der Waals surface area contributed by atoms with Crippen LogP contribution in [-0.4, -0.2) is 29.9 Å². The van der Waals surface area contributed by atoms with Crippen molar-refractivity contribution in [1.29, 1.82) is 0 Å². The van der Waals surface area contributed by atoms with Crippen molar-refractivity contribution < 1.29 is 14.3 Å². The maximum absolute atomic E-state index is 11.9. The summed E-state index contributed by atoms with van der Waals surface area (Å²) >= 11 is 3.42. The van der Waals surface area contributed by atoms with Crippen molar-refractivity contribution in [2.24, 2.45) is 5.92 Å². The zero-order valence-corrected chi connectivity index (χ0v) is 13.2. The Morgan fingerprint density at radius 1 is 1.40 bits per heavy atom. The third-order valence-electron chi connectivity index (χ3n) is 3.18. The smallest absolute Gasteiger partial charge is 0.338 e. The molecule has 2 rings (SSSR count). The van der Waals surface area contributed by atoms with E-state index < -0.39 is 0 Å². The standard InChI is InChI=1S/C15H18BrNO3/c1-10(2)20-15(19)12-3-5-13(6-4-12)17-9-11(8-16)7-14(17)18/h3-6,10-11H,7-9H2,1-2H3. The van der Waals surface area contributed by atoms with Gasteiger partial charge in [-0.2, -0.15) is 0 Å². The van der Waals surface area contributed by atoms with Crippen molar-refractivity contribution in [3.63, 3.8) is 0 Å². The fourth-order valence-corrected chi connectivity index (χ4v) is 2.63. The average Bonchev–Trinajstić information content (AvgIpc) is 2.79. The molecule has 5 heteroatoms. The van der Waals surface area contributed by atoms with Crippen LogP contribution in [-0.2, 0) is 9.53 Å². The molecule has 1 aromatic rings. The first kappa shape index (κ1) is 15.0. The highest BCUT2D eigenvalue weighted by Gasteiger charge is 2.29. The molecule has 20 heavy (non-hydrogen) atoms. The Kier molecular flexibility index (Phi) is 4.81. The monoisotopic (exact) mass is 339 g/mol. The maximum atomic E-state index is 11.9. The number of ether oxygens (including phenoxy) is 1. The third-order valence-corrected chi connectivity index (χ3v) is 4.10. The van der Waals surface area contributed by atoms with E-state index in [-0.39, 0.29) is 18.0 Å². The Hall–Kier alpha value is -1.36. The molecule has 0 N–H and O–H groups in total. The van der Waals surface area contributed by atoms with E-state index >= 15 is 0 Å². The van der Waals surface area contributed by atoms with Gasteiger partial charge in [-0.15, -0.1) is 0 Å². The molecule has 1 saturated heterocycles. The summed E-state index contributed by atoms with van der Waals surface area (Å²) in [6, 6.07) is 7.00. The molecular weight excluding hydrogens is 322 g/mol. The fourth-order valence-electron chi connectivity index (χ4n) is 2.19. The Morgan fingerprint density at radius 2 is 2.05 bits per heavy atom. The van der Waals surface area contributed by atoms with Crippen LogP contribution >= 0.6 is 15.9 Å². The van der Waals surface area contributed by atoms with Crippen molar-refractivity contribution >= 4 is 33.5 Å². The van der Waals surface area contributed by atoms with Crippen molar-refractivity contribution in [2.45, 2.75) is 26.4 Å². The molecule has 108 valence electrons. The molecular formula is C15H18BrNO3. The van der Waals surface area contributed by atoms with Crippen LogP contribution in [0.15, 0.2) is 24.3 Å². The summed E-state index contributed by atoms with van der Waals surface area (Å²) in [5.74, 6) is 0.151. The van der Waals surface area contributed by atoms with Crippen LogP contribution in [0.2, 0.25) is 0 Å². The highest BCUT2D eigenvalue weighted by atomic mass is 79.9. The van der Waals surface area contributed by atoms with Crippen molar-refractivity contribution in [1.82, 2.24) is 0 Å².